The fraction of sp³-hybridized carbons (Fsp3) is 0.737. The van der Waals surface area contributed by atoms with Crippen molar-refractivity contribution in [3.05, 3.63) is 54.4 Å². The van der Waals surface area contributed by atoms with Gasteiger partial charge in [-0.15, -0.1) is 0 Å². The SMILES string of the molecule is COCCC(=O)N1CC(CC(C)C2CC(CC(C)C3CCCN3Cc3ccncn3)CN2Cc2cccnc2)C(C)C1(C)C(C)C. The molecule has 8 atom stereocenters. The van der Waals surface area contributed by atoms with Gasteiger partial charge in [-0.1, -0.05) is 40.7 Å². The third-order valence-electron chi connectivity index (χ3n) is 12.4. The second-order valence-corrected chi connectivity index (χ2v) is 15.4. The van der Waals surface area contributed by atoms with Gasteiger partial charge in [0.15, 0.2) is 0 Å². The van der Waals surface area contributed by atoms with Crippen LogP contribution in [0.15, 0.2) is 43.1 Å². The lowest BCUT2D eigenvalue weighted by Crippen LogP contribution is -2.51. The smallest absolute Gasteiger partial charge is 0.225 e. The molecule has 3 aliphatic heterocycles. The lowest BCUT2D eigenvalue weighted by Gasteiger charge is -2.42. The Morgan fingerprint density at radius 2 is 1.83 bits per heavy atom. The molecule has 254 valence electrons. The maximum atomic E-state index is 13.4. The zero-order valence-electron chi connectivity index (χ0n) is 29.6. The standard InChI is InChI=1S/C38H60N6O2/c1-27(2)38(6)30(5)33(24-44(38)37(45)13-17-46-7)19-29(4)36-20-32(23-43(36)22-31-10-8-14-39-21-31)18-28(3)35-11-9-16-42(35)25-34-12-15-40-26-41-34/h8,10,12,14-15,21,26-30,32-33,35-36H,9,11,13,16-20,22-25H2,1-7H3. The largest absolute Gasteiger partial charge is 0.384 e. The molecule has 2 aromatic rings. The zero-order valence-corrected chi connectivity index (χ0v) is 29.6. The van der Waals surface area contributed by atoms with Crippen molar-refractivity contribution >= 4 is 5.91 Å². The van der Waals surface area contributed by atoms with Crippen molar-refractivity contribution < 1.29 is 9.53 Å². The molecule has 8 heteroatoms. The molecular formula is C38H60N6O2. The molecule has 0 saturated carbocycles. The quantitative estimate of drug-likeness (QED) is 0.241. The molecule has 5 rings (SSSR count). The zero-order chi connectivity index (χ0) is 32.8. The molecule has 46 heavy (non-hydrogen) atoms. The minimum Gasteiger partial charge on any atom is -0.384 e. The third kappa shape index (κ3) is 7.82. The molecule has 3 fully saturated rings. The summed E-state index contributed by atoms with van der Waals surface area (Å²) in [5, 5.41) is 0. The lowest BCUT2D eigenvalue weighted by molar-refractivity contribution is -0.138. The first-order chi connectivity index (χ1) is 22.1. The van der Waals surface area contributed by atoms with Crippen molar-refractivity contribution in [1.29, 1.82) is 0 Å². The number of likely N-dealkylation sites (tertiary alicyclic amines) is 3. The highest BCUT2D eigenvalue weighted by atomic mass is 16.5. The Balaban J connectivity index is 1.27. The van der Waals surface area contributed by atoms with Crippen molar-refractivity contribution in [2.24, 2.45) is 35.5 Å². The Hall–Kier alpha value is -2.42. The highest BCUT2D eigenvalue weighted by molar-refractivity contribution is 5.77. The molecule has 8 unspecified atom stereocenters. The Kier molecular flexibility index (Phi) is 11.9. The Labute approximate surface area is 278 Å². The van der Waals surface area contributed by atoms with E-state index in [2.05, 4.69) is 89.4 Å². The van der Waals surface area contributed by atoms with Gasteiger partial charge in [0.05, 0.1) is 18.7 Å². The minimum atomic E-state index is -0.128. The fourth-order valence-electron chi connectivity index (χ4n) is 9.46. The Morgan fingerprint density at radius 1 is 1.02 bits per heavy atom. The van der Waals surface area contributed by atoms with Gasteiger partial charge in [0.2, 0.25) is 5.91 Å². The highest BCUT2D eigenvalue weighted by Crippen LogP contribution is 2.47. The van der Waals surface area contributed by atoms with Crippen molar-refractivity contribution in [3.63, 3.8) is 0 Å². The predicted molar refractivity (Wildman–Crippen MR) is 184 cm³/mol. The van der Waals surface area contributed by atoms with Crippen LogP contribution in [0.2, 0.25) is 0 Å². The Morgan fingerprint density at radius 3 is 2.52 bits per heavy atom. The Bertz CT molecular complexity index is 1230. The fourth-order valence-corrected chi connectivity index (χ4v) is 9.46. The van der Waals surface area contributed by atoms with E-state index in [0.717, 1.165) is 44.8 Å². The molecule has 2 aromatic heterocycles. The number of methoxy groups -OCH3 is 1. The number of hydrogen-bond donors (Lipinski definition) is 0. The molecule has 8 nitrogen and oxygen atoms in total. The number of rotatable bonds is 14. The van der Waals surface area contributed by atoms with E-state index in [1.54, 1.807) is 13.4 Å². The van der Waals surface area contributed by atoms with E-state index in [1.165, 1.54) is 31.2 Å². The van der Waals surface area contributed by atoms with E-state index in [1.807, 2.05) is 18.6 Å². The molecule has 0 spiro atoms. The lowest BCUT2D eigenvalue weighted by atomic mass is 9.72. The van der Waals surface area contributed by atoms with Crippen molar-refractivity contribution in [1.82, 2.24) is 29.7 Å². The number of carbonyl (C=O) groups is 1. The van der Waals surface area contributed by atoms with Crippen molar-refractivity contribution in [3.8, 4) is 0 Å². The van der Waals surface area contributed by atoms with E-state index < -0.39 is 0 Å². The molecule has 0 bridgehead atoms. The van der Waals surface area contributed by atoms with Crippen LogP contribution in [0.4, 0.5) is 0 Å². The second-order valence-electron chi connectivity index (χ2n) is 15.4. The first-order valence-electron chi connectivity index (χ1n) is 18.0. The number of amides is 1. The molecule has 1 amide bonds. The van der Waals surface area contributed by atoms with Gasteiger partial charge in [0, 0.05) is 69.5 Å². The monoisotopic (exact) mass is 632 g/mol. The summed E-state index contributed by atoms with van der Waals surface area (Å²) in [4.78, 5) is 34.2. The molecule has 3 aliphatic rings. The van der Waals surface area contributed by atoms with Crippen LogP contribution in [-0.2, 0) is 22.6 Å². The predicted octanol–water partition coefficient (Wildman–Crippen LogP) is 6.32. The molecule has 0 aromatic carbocycles. The summed E-state index contributed by atoms with van der Waals surface area (Å²) < 4.78 is 5.28. The number of pyridine rings is 1. The van der Waals surface area contributed by atoms with Gasteiger partial charge in [-0.3, -0.25) is 19.6 Å². The van der Waals surface area contributed by atoms with E-state index in [-0.39, 0.29) is 11.4 Å². The van der Waals surface area contributed by atoms with E-state index in [0.29, 0.717) is 60.6 Å². The van der Waals surface area contributed by atoms with Gasteiger partial charge in [0.1, 0.15) is 6.33 Å². The van der Waals surface area contributed by atoms with Gasteiger partial charge in [-0.05, 0) is 98.8 Å². The van der Waals surface area contributed by atoms with Gasteiger partial charge in [0.25, 0.3) is 0 Å². The maximum absolute atomic E-state index is 13.4. The van der Waals surface area contributed by atoms with Crippen molar-refractivity contribution in [2.45, 2.75) is 111 Å². The van der Waals surface area contributed by atoms with Crippen LogP contribution < -0.4 is 0 Å². The first kappa shape index (κ1) is 34.9. The summed E-state index contributed by atoms with van der Waals surface area (Å²) in [6.45, 7) is 19.8. The minimum absolute atomic E-state index is 0.128. The van der Waals surface area contributed by atoms with E-state index in [4.69, 9.17) is 4.74 Å². The first-order valence-corrected chi connectivity index (χ1v) is 18.0. The summed E-state index contributed by atoms with van der Waals surface area (Å²) in [5.74, 6) is 3.49. The topological polar surface area (TPSA) is 74.7 Å². The molecule has 0 N–H and O–H groups in total. The summed E-state index contributed by atoms with van der Waals surface area (Å²) in [6.07, 6.45) is 14.2. The van der Waals surface area contributed by atoms with Crippen LogP contribution in [0, 0.1) is 35.5 Å². The van der Waals surface area contributed by atoms with Crippen LogP contribution in [0.1, 0.15) is 91.3 Å². The second kappa shape index (κ2) is 15.7. The van der Waals surface area contributed by atoms with Gasteiger partial charge in [-0.25, -0.2) is 9.97 Å². The summed E-state index contributed by atoms with van der Waals surface area (Å²) in [7, 11) is 1.68. The van der Waals surface area contributed by atoms with Crippen LogP contribution in [0.25, 0.3) is 0 Å². The van der Waals surface area contributed by atoms with Crippen LogP contribution in [-0.4, -0.2) is 86.5 Å². The van der Waals surface area contributed by atoms with Crippen molar-refractivity contribution in [2.75, 3.05) is 33.4 Å². The van der Waals surface area contributed by atoms with E-state index in [9.17, 15) is 4.79 Å². The maximum Gasteiger partial charge on any atom is 0.225 e. The number of aromatic nitrogens is 3. The molecule has 5 heterocycles. The average molecular weight is 633 g/mol. The van der Waals surface area contributed by atoms with Gasteiger partial charge < -0.3 is 9.64 Å². The molecule has 0 aliphatic carbocycles. The number of hydrogen-bond acceptors (Lipinski definition) is 7. The summed E-state index contributed by atoms with van der Waals surface area (Å²) in [5.41, 5.74) is 2.30. The normalized spacial score (nSPS) is 30.3. The molecule has 0 radical (unpaired) electrons. The number of carbonyl (C=O) groups excluding carboxylic acids is 1. The third-order valence-corrected chi connectivity index (χ3v) is 12.4. The highest BCUT2D eigenvalue weighted by Gasteiger charge is 2.52. The van der Waals surface area contributed by atoms with Gasteiger partial charge >= 0.3 is 0 Å². The number of nitrogens with zero attached hydrogens (tertiary/aromatic N) is 6. The average Bonchev–Trinajstić information content (AvgIpc) is 3.74. The number of ether oxygens (including phenoxy) is 1. The molecule has 3 saturated heterocycles. The van der Waals surface area contributed by atoms with E-state index >= 15 is 0 Å². The summed E-state index contributed by atoms with van der Waals surface area (Å²) >= 11 is 0. The summed E-state index contributed by atoms with van der Waals surface area (Å²) in [6, 6.07) is 7.51. The molecular weight excluding hydrogens is 572 g/mol. The van der Waals surface area contributed by atoms with Gasteiger partial charge in [-0.2, -0.15) is 0 Å². The van der Waals surface area contributed by atoms with Crippen LogP contribution >= 0.6 is 0 Å². The van der Waals surface area contributed by atoms with Crippen LogP contribution in [0.3, 0.4) is 0 Å². The van der Waals surface area contributed by atoms with Crippen LogP contribution in [0.5, 0.6) is 0 Å².